The Hall–Kier alpha value is -1.54. The second-order valence-electron chi connectivity index (χ2n) is 5.87. The van der Waals surface area contributed by atoms with Crippen LogP contribution >= 0.6 is 23.6 Å². The van der Waals surface area contributed by atoms with Crippen molar-refractivity contribution >= 4 is 40.7 Å². The number of rotatable bonds is 7. The zero-order valence-electron chi connectivity index (χ0n) is 14.2. The van der Waals surface area contributed by atoms with E-state index in [0.717, 1.165) is 6.54 Å². The smallest absolute Gasteiger partial charge is 0.141 e. The summed E-state index contributed by atoms with van der Waals surface area (Å²) in [7, 11) is 5.78. The highest BCUT2D eigenvalue weighted by Crippen LogP contribution is 2.35. The van der Waals surface area contributed by atoms with Gasteiger partial charge in [0.25, 0.3) is 0 Å². The Morgan fingerprint density at radius 1 is 1.08 bits per heavy atom. The van der Waals surface area contributed by atoms with E-state index in [1.54, 1.807) is 6.07 Å². The number of likely N-dealkylation sites (N-methyl/N-ethyl adjacent to an activating group) is 2. The van der Waals surface area contributed by atoms with Gasteiger partial charge in [0.15, 0.2) is 0 Å². The molecule has 0 spiro atoms. The van der Waals surface area contributed by atoms with E-state index in [-0.39, 0.29) is 15.7 Å². The van der Waals surface area contributed by atoms with Gasteiger partial charge in [-0.2, -0.15) is 0 Å². The van der Waals surface area contributed by atoms with Crippen LogP contribution in [0.1, 0.15) is 0 Å². The van der Waals surface area contributed by atoms with Crippen LogP contribution in [-0.2, 0) is 0 Å². The Morgan fingerprint density at radius 3 is 2.44 bits per heavy atom. The fourth-order valence-electron chi connectivity index (χ4n) is 2.24. The number of nitrogens with one attached hydrogen (secondary N) is 1. The summed E-state index contributed by atoms with van der Waals surface area (Å²) in [6.07, 6.45) is 0. The topological polar surface area (TPSA) is 38.7 Å². The van der Waals surface area contributed by atoms with E-state index in [2.05, 4.69) is 5.32 Å². The van der Waals surface area contributed by atoms with Gasteiger partial charge in [-0.25, -0.2) is 8.78 Å². The molecule has 4 nitrogen and oxygen atoms in total. The summed E-state index contributed by atoms with van der Waals surface area (Å²) in [6.45, 7) is 1.48. The number of anilines is 3. The van der Waals surface area contributed by atoms with Crippen LogP contribution in [0.4, 0.5) is 25.8 Å². The maximum Gasteiger partial charge on any atom is 0.141 e. The first kappa shape index (κ1) is 19.8. The normalized spacial score (nSPS) is 11.0. The van der Waals surface area contributed by atoms with Crippen LogP contribution in [-0.4, -0.2) is 43.7 Å². The van der Waals surface area contributed by atoms with Gasteiger partial charge < -0.3 is 19.7 Å². The van der Waals surface area contributed by atoms with E-state index >= 15 is 0 Å². The standard InChI is InChI=1S/C17H20ClF2N3OS/c1-22(2)6-7-23(3)16-8-11(19)4-5-14(16)21-15-10-13(20)17(25-24)9-12(15)18/h4-5,8-10,21,24H,6-7H2,1-3H3. The van der Waals surface area contributed by atoms with E-state index in [1.807, 2.05) is 30.9 Å². The number of hydrogen-bond donors (Lipinski definition) is 2. The first-order valence-electron chi connectivity index (χ1n) is 7.54. The first-order chi connectivity index (χ1) is 11.8. The van der Waals surface area contributed by atoms with Crippen molar-refractivity contribution in [3.8, 4) is 0 Å². The lowest BCUT2D eigenvalue weighted by molar-refractivity contribution is 0.416. The third-order valence-corrected chi connectivity index (χ3v) is 4.47. The summed E-state index contributed by atoms with van der Waals surface area (Å²) >= 11 is 6.44. The van der Waals surface area contributed by atoms with Crippen LogP contribution in [0, 0.1) is 11.6 Å². The first-order valence-corrected chi connectivity index (χ1v) is 8.70. The Bertz CT molecular complexity index is 746. The van der Waals surface area contributed by atoms with Gasteiger partial charge in [-0.15, -0.1) is 0 Å². The van der Waals surface area contributed by atoms with Gasteiger partial charge in [-0.1, -0.05) is 11.6 Å². The lowest BCUT2D eigenvalue weighted by Crippen LogP contribution is -2.28. The molecule has 0 bridgehead atoms. The van der Waals surface area contributed by atoms with Crippen molar-refractivity contribution < 1.29 is 13.3 Å². The minimum Gasteiger partial charge on any atom is -0.372 e. The highest BCUT2D eigenvalue weighted by atomic mass is 35.5. The predicted octanol–water partition coefficient (Wildman–Crippen LogP) is 4.92. The van der Waals surface area contributed by atoms with Gasteiger partial charge in [-0.3, -0.25) is 0 Å². The summed E-state index contributed by atoms with van der Waals surface area (Å²) in [4.78, 5) is 3.98. The summed E-state index contributed by atoms with van der Waals surface area (Å²) in [5.41, 5.74) is 1.58. The van der Waals surface area contributed by atoms with Crippen LogP contribution in [0.5, 0.6) is 0 Å². The molecule has 0 amide bonds. The van der Waals surface area contributed by atoms with Crippen molar-refractivity contribution in [3.63, 3.8) is 0 Å². The number of hydrogen-bond acceptors (Lipinski definition) is 5. The third kappa shape index (κ3) is 5.22. The van der Waals surface area contributed by atoms with Crippen molar-refractivity contribution in [2.24, 2.45) is 0 Å². The fourth-order valence-corrected chi connectivity index (χ4v) is 2.83. The van der Waals surface area contributed by atoms with E-state index in [4.69, 9.17) is 16.2 Å². The largest absolute Gasteiger partial charge is 0.372 e. The van der Waals surface area contributed by atoms with Crippen molar-refractivity contribution in [2.75, 3.05) is 44.4 Å². The average Bonchev–Trinajstić information content (AvgIpc) is 2.57. The SMILES string of the molecule is CN(C)CCN(C)c1cc(F)ccc1Nc1cc(F)c(SO)cc1Cl. The zero-order chi connectivity index (χ0) is 18.6. The second kappa shape index (κ2) is 8.71. The Balaban J connectivity index is 2.32. The van der Waals surface area contributed by atoms with Crippen molar-refractivity contribution in [1.82, 2.24) is 4.90 Å². The van der Waals surface area contributed by atoms with Gasteiger partial charge in [0.2, 0.25) is 0 Å². The van der Waals surface area contributed by atoms with Gasteiger partial charge in [0.1, 0.15) is 11.6 Å². The van der Waals surface area contributed by atoms with Crippen molar-refractivity contribution in [2.45, 2.75) is 4.90 Å². The highest BCUT2D eigenvalue weighted by Gasteiger charge is 2.13. The molecule has 0 heterocycles. The average molecular weight is 388 g/mol. The van der Waals surface area contributed by atoms with Crippen LogP contribution < -0.4 is 10.2 Å². The van der Waals surface area contributed by atoms with Gasteiger partial charge in [-0.05, 0) is 38.4 Å². The summed E-state index contributed by atoms with van der Waals surface area (Å²) in [6, 6.07) is 6.87. The van der Waals surface area contributed by atoms with Gasteiger partial charge in [0, 0.05) is 38.2 Å². The Kier molecular flexibility index (Phi) is 6.89. The lowest BCUT2D eigenvalue weighted by atomic mass is 10.2. The Labute approximate surface area is 155 Å². The molecular formula is C17H20ClF2N3OS. The molecule has 2 aromatic rings. The summed E-state index contributed by atoms with van der Waals surface area (Å²) in [5, 5.41) is 3.30. The number of halogens is 3. The molecule has 136 valence electrons. The molecule has 2 N–H and O–H groups in total. The van der Waals surface area contributed by atoms with Gasteiger partial charge >= 0.3 is 0 Å². The fraction of sp³-hybridized carbons (Fsp3) is 0.294. The molecule has 0 aliphatic carbocycles. The lowest BCUT2D eigenvalue weighted by Gasteiger charge is -2.25. The van der Waals surface area contributed by atoms with Crippen LogP contribution in [0.25, 0.3) is 0 Å². The van der Waals surface area contributed by atoms with E-state index in [9.17, 15) is 8.78 Å². The van der Waals surface area contributed by atoms with Crippen molar-refractivity contribution in [1.29, 1.82) is 0 Å². The molecular weight excluding hydrogens is 368 g/mol. The van der Waals surface area contributed by atoms with Crippen LogP contribution in [0.3, 0.4) is 0 Å². The molecule has 0 fully saturated rings. The highest BCUT2D eigenvalue weighted by molar-refractivity contribution is 7.93. The molecule has 0 saturated heterocycles. The molecule has 0 radical (unpaired) electrons. The molecule has 2 aromatic carbocycles. The Morgan fingerprint density at radius 2 is 1.80 bits per heavy atom. The zero-order valence-corrected chi connectivity index (χ0v) is 15.8. The molecule has 0 saturated carbocycles. The second-order valence-corrected chi connectivity index (χ2v) is 6.89. The quantitative estimate of drug-likeness (QED) is 0.659. The number of nitrogens with zero attached hydrogens (tertiary/aromatic N) is 2. The van der Waals surface area contributed by atoms with Gasteiger partial charge in [0.05, 0.1) is 27.0 Å². The molecule has 0 unspecified atom stereocenters. The maximum atomic E-state index is 13.9. The monoisotopic (exact) mass is 387 g/mol. The molecule has 25 heavy (non-hydrogen) atoms. The molecule has 8 heteroatoms. The van der Waals surface area contributed by atoms with Crippen LogP contribution in [0.2, 0.25) is 5.02 Å². The number of benzene rings is 2. The third-order valence-electron chi connectivity index (χ3n) is 3.64. The summed E-state index contributed by atoms with van der Waals surface area (Å²) in [5.74, 6) is -0.953. The van der Waals surface area contributed by atoms with E-state index in [1.165, 1.54) is 24.3 Å². The van der Waals surface area contributed by atoms with E-state index < -0.39 is 5.82 Å². The maximum absolute atomic E-state index is 13.9. The minimum absolute atomic E-state index is 0.0398. The molecule has 0 atom stereocenters. The van der Waals surface area contributed by atoms with E-state index in [0.29, 0.717) is 35.6 Å². The van der Waals surface area contributed by atoms with Crippen LogP contribution in [0.15, 0.2) is 35.2 Å². The molecule has 0 aromatic heterocycles. The molecule has 0 aliphatic heterocycles. The molecule has 2 rings (SSSR count). The summed E-state index contributed by atoms with van der Waals surface area (Å²) < 4.78 is 36.6. The van der Waals surface area contributed by atoms with Crippen molar-refractivity contribution in [3.05, 3.63) is 47.0 Å². The minimum atomic E-state index is -0.593. The predicted molar refractivity (Wildman–Crippen MR) is 101 cm³/mol. The molecule has 0 aliphatic rings.